The second kappa shape index (κ2) is 3.52. The van der Waals surface area contributed by atoms with E-state index < -0.39 is 0 Å². The normalized spacial score (nSPS) is 37.9. The summed E-state index contributed by atoms with van der Waals surface area (Å²) in [6, 6.07) is 0. The van der Waals surface area contributed by atoms with Gasteiger partial charge in [-0.2, -0.15) is 0 Å². The summed E-state index contributed by atoms with van der Waals surface area (Å²) in [6.45, 7) is 5.86. The highest BCUT2D eigenvalue weighted by Crippen LogP contribution is 2.25. The van der Waals surface area contributed by atoms with Gasteiger partial charge < -0.3 is 10.5 Å². The Balaban J connectivity index is 2.48. The molecule has 1 rings (SSSR count). The molecule has 1 aliphatic rings. The first-order valence-electron chi connectivity index (χ1n) is 4.35. The highest BCUT2D eigenvalue weighted by molar-refractivity contribution is 4.92. The fourth-order valence-electron chi connectivity index (χ4n) is 1.65. The number of ether oxygens (including phenoxy) is 1. The Morgan fingerprint density at radius 1 is 1.64 bits per heavy atom. The molecule has 0 saturated carbocycles. The molecule has 3 N–H and O–H groups in total. The zero-order valence-electron chi connectivity index (χ0n) is 7.39. The first-order chi connectivity index (χ1) is 5.22. The molecule has 0 aromatic heterocycles. The number of nitrogens with two attached hydrogens (primary N) is 1. The quantitative estimate of drug-likeness (QED) is 0.627. The lowest BCUT2D eigenvalue weighted by atomic mass is 9.99. The molecular weight excluding hydrogens is 140 g/mol. The number of rotatable bonds is 3. The predicted octanol–water partition coefficient (Wildman–Crippen LogP) is 0.450. The molecule has 1 heterocycles. The molecule has 11 heavy (non-hydrogen) atoms. The zero-order valence-corrected chi connectivity index (χ0v) is 7.39. The Morgan fingerprint density at radius 2 is 2.36 bits per heavy atom. The van der Waals surface area contributed by atoms with Crippen LogP contribution >= 0.6 is 0 Å². The Morgan fingerprint density at radius 3 is 2.73 bits per heavy atom. The molecule has 0 spiro atoms. The van der Waals surface area contributed by atoms with E-state index in [4.69, 9.17) is 10.5 Å². The minimum absolute atomic E-state index is 0.0220. The maximum absolute atomic E-state index is 5.73. The van der Waals surface area contributed by atoms with Gasteiger partial charge in [0.25, 0.3) is 0 Å². The standard InChI is InChI=1S/C8H18N2O/c1-3-8(11-4-2)5-7(9)10-6-8/h7,10H,3-6,9H2,1-2H3. The van der Waals surface area contributed by atoms with Crippen molar-refractivity contribution >= 4 is 0 Å². The van der Waals surface area contributed by atoms with Crippen LogP contribution in [0.2, 0.25) is 0 Å². The molecule has 2 atom stereocenters. The van der Waals surface area contributed by atoms with Crippen LogP contribution in [-0.2, 0) is 4.74 Å². The SMILES string of the molecule is CCOC1(CC)CNC(N)C1. The van der Waals surface area contributed by atoms with Crippen LogP contribution in [0.1, 0.15) is 26.7 Å². The molecule has 1 saturated heterocycles. The van der Waals surface area contributed by atoms with Crippen molar-refractivity contribution in [2.24, 2.45) is 5.73 Å². The summed E-state index contributed by atoms with van der Waals surface area (Å²) in [5.74, 6) is 0. The summed E-state index contributed by atoms with van der Waals surface area (Å²) in [7, 11) is 0. The predicted molar refractivity (Wildman–Crippen MR) is 45.2 cm³/mol. The van der Waals surface area contributed by atoms with Crippen LogP contribution in [-0.4, -0.2) is 24.9 Å². The van der Waals surface area contributed by atoms with Crippen molar-refractivity contribution in [1.29, 1.82) is 0 Å². The van der Waals surface area contributed by atoms with Crippen LogP contribution in [0.4, 0.5) is 0 Å². The summed E-state index contributed by atoms with van der Waals surface area (Å²) in [5.41, 5.74) is 5.75. The fourth-order valence-corrected chi connectivity index (χ4v) is 1.65. The molecule has 3 heteroatoms. The lowest BCUT2D eigenvalue weighted by molar-refractivity contribution is -0.0278. The first-order valence-corrected chi connectivity index (χ1v) is 4.35. The van der Waals surface area contributed by atoms with Crippen LogP contribution < -0.4 is 11.1 Å². The van der Waals surface area contributed by atoms with E-state index in [2.05, 4.69) is 12.2 Å². The third-order valence-corrected chi connectivity index (χ3v) is 2.37. The Bertz CT molecular complexity index is 125. The molecule has 3 nitrogen and oxygen atoms in total. The minimum Gasteiger partial charge on any atom is -0.374 e. The van der Waals surface area contributed by atoms with Crippen LogP contribution in [0, 0.1) is 0 Å². The molecule has 0 radical (unpaired) electrons. The Kier molecular flexibility index (Phi) is 2.87. The third kappa shape index (κ3) is 1.92. The van der Waals surface area contributed by atoms with Gasteiger partial charge in [0.15, 0.2) is 0 Å². The topological polar surface area (TPSA) is 47.3 Å². The molecule has 2 unspecified atom stereocenters. The maximum atomic E-state index is 5.73. The molecule has 0 aliphatic carbocycles. The van der Waals surface area contributed by atoms with Crippen molar-refractivity contribution in [1.82, 2.24) is 5.32 Å². The smallest absolute Gasteiger partial charge is 0.0831 e. The average molecular weight is 158 g/mol. The van der Waals surface area contributed by atoms with Gasteiger partial charge in [-0.3, -0.25) is 5.32 Å². The van der Waals surface area contributed by atoms with Crippen molar-refractivity contribution in [2.75, 3.05) is 13.2 Å². The van der Waals surface area contributed by atoms with E-state index in [1.165, 1.54) is 0 Å². The summed E-state index contributed by atoms with van der Waals surface area (Å²) in [6.07, 6.45) is 2.11. The van der Waals surface area contributed by atoms with Gasteiger partial charge in [0.1, 0.15) is 0 Å². The second-order valence-electron chi connectivity index (χ2n) is 3.16. The zero-order chi connectivity index (χ0) is 8.32. The summed E-state index contributed by atoms with van der Waals surface area (Å²) in [4.78, 5) is 0. The highest BCUT2D eigenvalue weighted by atomic mass is 16.5. The van der Waals surface area contributed by atoms with E-state index in [1.807, 2.05) is 6.92 Å². The molecule has 0 aromatic carbocycles. The number of hydrogen-bond acceptors (Lipinski definition) is 3. The van der Waals surface area contributed by atoms with Gasteiger partial charge in [0.2, 0.25) is 0 Å². The lowest BCUT2D eigenvalue weighted by Gasteiger charge is -2.26. The fraction of sp³-hybridized carbons (Fsp3) is 1.00. The van der Waals surface area contributed by atoms with Crippen LogP contribution in [0.5, 0.6) is 0 Å². The van der Waals surface area contributed by atoms with Gasteiger partial charge in [0, 0.05) is 19.6 Å². The molecule has 0 aromatic rings. The van der Waals surface area contributed by atoms with Gasteiger partial charge in [-0.1, -0.05) is 6.92 Å². The van der Waals surface area contributed by atoms with Crippen LogP contribution in [0.15, 0.2) is 0 Å². The first kappa shape index (κ1) is 8.97. The van der Waals surface area contributed by atoms with Gasteiger partial charge in [0.05, 0.1) is 11.8 Å². The summed E-state index contributed by atoms with van der Waals surface area (Å²) >= 11 is 0. The molecule has 0 bridgehead atoms. The number of nitrogens with one attached hydrogen (secondary N) is 1. The van der Waals surface area contributed by atoms with Crippen LogP contribution in [0.25, 0.3) is 0 Å². The summed E-state index contributed by atoms with van der Waals surface area (Å²) < 4.78 is 5.67. The number of hydrogen-bond donors (Lipinski definition) is 2. The van der Waals surface area contributed by atoms with Crippen molar-refractivity contribution in [2.45, 2.75) is 38.5 Å². The van der Waals surface area contributed by atoms with E-state index in [-0.39, 0.29) is 11.8 Å². The van der Waals surface area contributed by atoms with Crippen molar-refractivity contribution in [3.05, 3.63) is 0 Å². The molecule has 0 amide bonds. The lowest BCUT2D eigenvalue weighted by Crippen LogP contribution is -2.34. The van der Waals surface area contributed by atoms with Crippen molar-refractivity contribution < 1.29 is 4.74 Å². The van der Waals surface area contributed by atoms with Crippen molar-refractivity contribution in [3.8, 4) is 0 Å². The molecule has 1 fully saturated rings. The summed E-state index contributed by atoms with van der Waals surface area (Å²) in [5, 5.41) is 3.20. The van der Waals surface area contributed by atoms with E-state index in [0.29, 0.717) is 0 Å². The van der Waals surface area contributed by atoms with E-state index in [0.717, 1.165) is 26.0 Å². The molecule has 66 valence electrons. The monoisotopic (exact) mass is 158 g/mol. The average Bonchev–Trinajstić information content (AvgIpc) is 2.34. The van der Waals surface area contributed by atoms with E-state index in [9.17, 15) is 0 Å². The molecule has 1 aliphatic heterocycles. The Labute approximate surface area is 68.3 Å². The van der Waals surface area contributed by atoms with Gasteiger partial charge in [-0.25, -0.2) is 0 Å². The van der Waals surface area contributed by atoms with E-state index in [1.54, 1.807) is 0 Å². The van der Waals surface area contributed by atoms with Gasteiger partial charge >= 0.3 is 0 Å². The third-order valence-electron chi connectivity index (χ3n) is 2.37. The minimum atomic E-state index is 0.0220. The maximum Gasteiger partial charge on any atom is 0.0831 e. The van der Waals surface area contributed by atoms with Gasteiger partial charge in [-0.15, -0.1) is 0 Å². The van der Waals surface area contributed by atoms with Crippen molar-refractivity contribution in [3.63, 3.8) is 0 Å². The van der Waals surface area contributed by atoms with E-state index >= 15 is 0 Å². The van der Waals surface area contributed by atoms with Crippen LogP contribution in [0.3, 0.4) is 0 Å². The Hall–Kier alpha value is -0.120. The largest absolute Gasteiger partial charge is 0.374 e. The molecular formula is C8H18N2O. The highest BCUT2D eigenvalue weighted by Gasteiger charge is 2.36. The van der Waals surface area contributed by atoms with Gasteiger partial charge in [-0.05, 0) is 13.3 Å². The second-order valence-corrected chi connectivity index (χ2v) is 3.16.